The molecule has 1 fully saturated rings. The summed E-state index contributed by atoms with van der Waals surface area (Å²) in [6.45, 7) is 2.95. The van der Waals surface area contributed by atoms with E-state index in [2.05, 4.69) is 0 Å². The van der Waals surface area contributed by atoms with Gasteiger partial charge in [-0.2, -0.15) is 0 Å². The Morgan fingerprint density at radius 3 is 3.00 bits per heavy atom. The highest BCUT2D eigenvalue weighted by Gasteiger charge is 2.28. The van der Waals surface area contributed by atoms with Crippen molar-refractivity contribution in [2.24, 2.45) is 5.73 Å². The number of halogens is 1. The minimum absolute atomic E-state index is 0.158. The molecular weight excluding hydrogens is 243 g/mol. The van der Waals surface area contributed by atoms with Gasteiger partial charge in [0.2, 0.25) is 0 Å². The van der Waals surface area contributed by atoms with Gasteiger partial charge in [-0.1, -0.05) is 12.1 Å². The van der Waals surface area contributed by atoms with Crippen LogP contribution >= 0.6 is 0 Å². The van der Waals surface area contributed by atoms with Crippen molar-refractivity contribution < 1.29 is 9.18 Å². The summed E-state index contributed by atoms with van der Waals surface area (Å²) >= 11 is 0. The van der Waals surface area contributed by atoms with E-state index < -0.39 is 5.82 Å². The van der Waals surface area contributed by atoms with Crippen LogP contribution in [0.4, 0.5) is 4.39 Å². The van der Waals surface area contributed by atoms with Crippen molar-refractivity contribution in [3.63, 3.8) is 0 Å². The normalized spacial score (nSPS) is 19.5. The molecular formula is C15H21FN2O. The van der Waals surface area contributed by atoms with Gasteiger partial charge < -0.3 is 10.6 Å². The summed E-state index contributed by atoms with van der Waals surface area (Å²) in [6, 6.07) is 5.14. The molecule has 4 heteroatoms. The number of carbonyl (C=O) groups is 1. The summed E-state index contributed by atoms with van der Waals surface area (Å²) in [7, 11) is 0. The van der Waals surface area contributed by atoms with Crippen molar-refractivity contribution in [1.29, 1.82) is 0 Å². The van der Waals surface area contributed by atoms with E-state index in [1.807, 2.05) is 0 Å². The quantitative estimate of drug-likeness (QED) is 0.911. The fourth-order valence-corrected chi connectivity index (χ4v) is 2.73. The summed E-state index contributed by atoms with van der Waals surface area (Å²) in [4.78, 5) is 14.3. The molecule has 104 valence electrons. The van der Waals surface area contributed by atoms with E-state index in [0.29, 0.717) is 18.7 Å². The Labute approximate surface area is 113 Å². The lowest BCUT2D eigenvalue weighted by molar-refractivity contribution is 0.0600. The zero-order chi connectivity index (χ0) is 13.8. The molecule has 0 aliphatic carbocycles. The second kappa shape index (κ2) is 6.15. The maximum Gasteiger partial charge on any atom is 0.257 e. The molecule has 1 aromatic rings. The topological polar surface area (TPSA) is 46.3 Å². The van der Waals surface area contributed by atoms with Crippen LogP contribution in [0.15, 0.2) is 18.2 Å². The van der Waals surface area contributed by atoms with Crippen molar-refractivity contribution in [1.82, 2.24) is 4.90 Å². The highest BCUT2D eigenvalue weighted by molar-refractivity contribution is 5.95. The zero-order valence-corrected chi connectivity index (χ0v) is 11.4. The van der Waals surface area contributed by atoms with Gasteiger partial charge in [0.25, 0.3) is 5.91 Å². The molecule has 1 unspecified atom stereocenters. The van der Waals surface area contributed by atoms with Gasteiger partial charge in [0.05, 0.1) is 5.56 Å². The first-order chi connectivity index (χ1) is 9.15. The molecule has 1 amide bonds. The third kappa shape index (κ3) is 2.95. The molecule has 0 bridgehead atoms. The monoisotopic (exact) mass is 264 g/mol. The number of benzene rings is 1. The van der Waals surface area contributed by atoms with E-state index >= 15 is 0 Å². The SMILES string of the molecule is Cc1cccc(C(=O)N2CCCCC2CCN)c1F. The van der Waals surface area contributed by atoms with Crippen LogP contribution < -0.4 is 5.73 Å². The van der Waals surface area contributed by atoms with Crippen LogP contribution in [0.2, 0.25) is 0 Å². The van der Waals surface area contributed by atoms with E-state index in [4.69, 9.17) is 5.73 Å². The van der Waals surface area contributed by atoms with Crippen LogP contribution in [0.5, 0.6) is 0 Å². The van der Waals surface area contributed by atoms with E-state index in [1.54, 1.807) is 30.0 Å². The Bertz CT molecular complexity index is 459. The lowest BCUT2D eigenvalue weighted by Gasteiger charge is -2.36. The number of carbonyl (C=O) groups excluding carboxylic acids is 1. The zero-order valence-electron chi connectivity index (χ0n) is 11.4. The van der Waals surface area contributed by atoms with E-state index in [9.17, 15) is 9.18 Å². The first kappa shape index (κ1) is 14.0. The number of nitrogens with zero attached hydrogens (tertiary/aromatic N) is 1. The second-order valence-corrected chi connectivity index (χ2v) is 5.16. The predicted molar refractivity (Wildman–Crippen MR) is 73.5 cm³/mol. The Kier molecular flexibility index (Phi) is 4.53. The first-order valence-electron chi connectivity index (χ1n) is 6.91. The van der Waals surface area contributed by atoms with Gasteiger partial charge >= 0.3 is 0 Å². The van der Waals surface area contributed by atoms with Crippen LogP contribution in [0.1, 0.15) is 41.6 Å². The van der Waals surface area contributed by atoms with E-state index in [0.717, 1.165) is 25.7 Å². The Balaban J connectivity index is 2.23. The number of rotatable bonds is 3. The highest BCUT2D eigenvalue weighted by atomic mass is 19.1. The molecule has 19 heavy (non-hydrogen) atoms. The van der Waals surface area contributed by atoms with Crippen LogP contribution in [-0.4, -0.2) is 29.9 Å². The maximum atomic E-state index is 14.0. The molecule has 1 aliphatic rings. The van der Waals surface area contributed by atoms with Gasteiger partial charge in [0.15, 0.2) is 0 Å². The number of amides is 1. The molecule has 1 aromatic carbocycles. The standard InChI is InChI=1S/C15H21FN2O/c1-11-5-4-7-13(14(11)16)15(19)18-10-3-2-6-12(18)8-9-17/h4-5,7,12H,2-3,6,8-10,17H2,1H3. The lowest BCUT2D eigenvalue weighted by Crippen LogP contribution is -2.44. The van der Waals surface area contributed by atoms with Crippen molar-refractivity contribution in [2.75, 3.05) is 13.1 Å². The van der Waals surface area contributed by atoms with Crippen molar-refractivity contribution in [3.05, 3.63) is 35.1 Å². The van der Waals surface area contributed by atoms with E-state index in [-0.39, 0.29) is 17.5 Å². The molecule has 0 aromatic heterocycles. The predicted octanol–water partition coefficient (Wildman–Crippen LogP) is 2.48. The smallest absolute Gasteiger partial charge is 0.257 e. The minimum Gasteiger partial charge on any atom is -0.336 e. The average molecular weight is 264 g/mol. The Morgan fingerprint density at radius 1 is 1.47 bits per heavy atom. The average Bonchev–Trinajstić information content (AvgIpc) is 2.42. The number of nitrogens with two attached hydrogens (primary N) is 1. The molecule has 0 saturated carbocycles. The number of hydrogen-bond donors (Lipinski definition) is 1. The fraction of sp³-hybridized carbons (Fsp3) is 0.533. The Hall–Kier alpha value is -1.42. The highest BCUT2D eigenvalue weighted by Crippen LogP contribution is 2.23. The van der Waals surface area contributed by atoms with Crippen LogP contribution in [-0.2, 0) is 0 Å². The van der Waals surface area contributed by atoms with Crippen molar-refractivity contribution in [3.8, 4) is 0 Å². The maximum absolute atomic E-state index is 14.0. The summed E-state index contributed by atoms with van der Waals surface area (Å²) in [5.41, 5.74) is 6.30. The molecule has 1 heterocycles. The largest absolute Gasteiger partial charge is 0.336 e. The van der Waals surface area contributed by atoms with Crippen LogP contribution in [0.25, 0.3) is 0 Å². The van der Waals surface area contributed by atoms with Gasteiger partial charge in [-0.15, -0.1) is 0 Å². The van der Waals surface area contributed by atoms with Gasteiger partial charge in [-0.25, -0.2) is 4.39 Å². The van der Waals surface area contributed by atoms with Crippen LogP contribution in [0, 0.1) is 12.7 Å². The number of hydrogen-bond acceptors (Lipinski definition) is 2. The van der Waals surface area contributed by atoms with E-state index in [1.165, 1.54) is 0 Å². The second-order valence-electron chi connectivity index (χ2n) is 5.16. The minimum atomic E-state index is -0.399. The summed E-state index contributed by atoms with van der Waals surface area (Å²) < 4.78 is 14.0. The summed E-state index contributed by atoms with van der Waals surface area (Å²) in [5, 5.41) is 0. The van der Waals surface area contributed by atoms with Crippen molar-refractivity contribution >= 4 is 5.91 Å². The summed E-state index contributed by atoms with van der Waals surface area (Å²) in [6.07, 6.45) is 3.86. The van der Waals surface area contributed by atoms with Crippen molar-refractivity contribution in [2.45, 2.75) is 38.6 Å². The van der Waals surface area contributed by atoms with Gasteiger partial charge in [0.1, 0.15) is 5.82 Å². The third-order valence-corrected chi connectivity index (χ3v) is 3.81. The number of aryl methyl sites for hydroxylation is 1. The molecule has 3 nitrogen and oxygen atoms in total. The number of likely N-dealkylation sites (tertiary alicyclic amines) is 1. The molecule has 1 atom stereocenters. The molecule has 2 rings (SSSR count). The lowest BCUT2D eigenvalue weighted by atomic mass is 9.98. The molecule has 2 N–H and O–H groups in total. The van der Waals surface area contributed by atoms with Gasteiger partial charge in [-0.05, 0) is 50.8 Å². The molecule has 1 aliphatic heterocycles. The number of piperidine rings is 1. The third-order valence-electron chi connectivity index (χ3n) is 3.81. The first-order valence-corrected chi connectivity index (χ1v) is 6.91. The van der Waals surface area contributed by atoms with Gasteiger partial charge in [0, 0.05) is 12.6 Å². The Morgan fingerprint density at radius 2 is 2.26 bits per heavy atom. The molecule has 0 spiro atoms. The molecule has 0 radical (unpaired) electrons. The molecule has 1 saturated heterocycles. The fourth-order valence-electron chi connectivity index (χ4n) is 2.73. The van der Waals surface area contributed by atoms with Crippen LogP contribution in [0.3, 0.4) is 0 Å². The van der Waals surface area contributed by atoms with Gasteiger partial charge in [-0.3, -0.25) is 4.79 Å². The summed E-state index contributed by atoms with van der Waals surface area (Å²) in [5.74, 6) is -0.594.